The van der Waals surface area contributed by atoms with E-state index in [0.29, 0.717) is 0 Å². The molecule has 0 fully saturated rings. The molecule has 0 saturated heterocycles. The molecule has 0 radical (unpaired) electrons. The van der Waals surface area contributed by atoms with Crippen molar-refractivity contribution in [1.29, 1.82) is 0 Å². The van der Waals surface area contributed by atoms with Crippen LogP contribution < -0.4 is 10.1 Å². The van der Waals surface area contributed by atoms with Gasteiger partial charge in [-0.2, -0.15) is 5.10 Å². The number of nitrogens with one attached hydrogen (secondary N) is 2. The first-order valence-corrected chi connectivity index (χ1v) is 7.36. The normalized spacial score (nSPS) is 13.1. The number of H-pyrrole nitrogens is 1. The molecular formula is C18H23N3O. The van der Waals surface area contributed by atoms with Crippen molar-refractivity contribution in [2.24, 2.45) is 0 Å². The number of rotatable bonds is 8. The standard InChI is InChI=1S/C18H23N3O/c1-5-7-13(6-2)14(10-11-19-3)15-8-9-17(22-4)18-16(15)12-20-21-18/h5-9,12,14,19H,1-2,10-11H2,3-4H3,(H,20,21)/b13-7+/t14-/m1/s1. The summed E-state index contributed by atoms with van der Waals surface area (Å²) in [6, 6.07) is 4.09. The van der Waals surface area contributed by atoms with Crippen LogP contribution in [0.25, 0.3) is 10.9 Å². The van der Waals surface area contributed by atoms with Gasteiger partial charge >= 0.3 is 0 Å². The lowest BCUT2D eigenvalue weighted by molar-refractivity contribution is 0.418. The second-order valence-corrected chi connectivity index (χ2v) is 5.07. The maximum Gasteiger partial charge on any atom is 0.144 e. The Hall–Kier alpha value is -2.33. The van der Waals surface area contributed by atoms with E-state index in [4.69, 9.17) is 4.74 Å². The van der Waals surface area contributed by atoms with Crippen molar-refractivity contribution in [2.75, 3.05) is 20.7 Å². The molecule has 1 aromatic heterocycles. The molecule has 0 amide bonds. The third-order valence-electron chi connectivity index (χ3n) is 3.84. The predicted molar refractivity (Wildman–Crippen MR) is 92.4 cm³/mol. The molecule has 0 aliphatic heterocycles. The van der Waals surface area contributed by atoms with Crippen LogP contribution in [0.15, 0.2) is 55.3 Å². The fraction of sp³-hybridized carbons (Fsp3) is 0.278. The van der Waals surface area contributed by atoms with Crippen LogP contribution in [0.3, 0.4) is 0 Å². The largest absolute Gasteiger partial charge is 0.494 e. The fourth-order valence-electron chi connectivity index (χ4n) is 2.76. The maximum absolute atomic E-state index is 5.40. The van der Waals surface area contributed by atoms with E-state index in [1.807, 2.05) is 31.5 Å². The lowest BCUT2D eigenvalue weighted by Gasteiger charge is -2.20. The van der Waals surface area contributed by atoms with E-state index in [0.717, 1.165) is 35.2 Å². The van der Waals surface area contributed by atoms with E-state index in [9.17, 15) is 0 Å². The highest BCUT2D eigenvalue weighted by Gasteiger charge is 2.19. The molecule has 1 atom stereocenters. The highest BCUT2D eigenvalue weighted by molar-refractivity contribution is 5.88. The number of benzene rings is 1. The highest BCUT2D eigenvalue weighted by atomic mass is 16.5. The van der Waals surface area contributed by atoms with Crippen molar-refractivity contribution in [3.05, 3.63) is 60.9 Å². The van der Waals surface area contributed by atoms with E-state index < -0.39 is 0 Å². The van der Waals surface area contributed by atoms with Gasteiger partial charge in [-0.1, -0.05) is 37.5 Å². The third-order valence-corrected chi connectivity index (χ3v) is 3.84. The van der Waals surface area contributed by atoms with Gasteiger partial charge in [-0.25, -0.2) is 0 Å². The first-order valence-electron chi connectivity index (χ1n) is 7.36. The molecule has 0 unspecified atom stereocenters. The molecule has 0 spiro atoms. The van der Waals surface area contributed by atoms with Gasteiger partial charge in [0.05, 0.1) is 13.3 Å². The Balaban J connectivity index is 2.56. The molecule has 2 N–H and O–H groups in total. The summed E-state index contributed by atoms with van der Waals surface area (Å²) in [4.78, 5) is 0. The molecule has 0 saturated carbocycles. The van der Waals surface area contributed by atoms with Crippen LogP contribution in [0.2, 0.25) is 0 Å². The minimum absolute atomic E-state index is 0.231. The Morgan fingerprint density at radius 1 is 1.45 bits per heavy atom. The number of aromatic amines is 1. The Labute approximate surface area is 131 Å². The monoisotopic (exact) mass is 297 g/mol. The van der Waals surface area contributed by atoms with E-state index in [-0.39, 0.29) is 5.92 Å². The Bertz CT molecular complexity index is 685. The number of nitrogens with zero attached hydrogens (tertiary/aromatic N) is 1. The van der Waals surface area contributed by atoms with Crippen LogP contribution >= 0.6 is 0 Å². The molecule has 1 heterocycles. The zero-order chi connectivity index (χ0) is 15.9. The lowest BCUT2D eigenvalue weighted by atomic mass is 9.86. The Kier molecular flexibility index (Phi) is 5.55. The summed E-state index contributed by atoms with van der Waals surface area (Å²) in [6.07, 6.45) is 8.55. The average molecular weight is 297 g/mol. The van der Waals surface area contributed by atoms with Crippen molar-refractivity contribution in [3.63, 3.8) is 0 Å². The minimum atomic E-state index is 0.231. The summed E-state index contributed by atoms with van der Waals surface area (Å²) in [7, 11) is 3.63. The third kappa shape index (κ3) is 3.12. The van der Waals surface area contributed by atoms with Crippen LogP contribution in [-0.2, 0) is 0 Å². The van der Waals surface area contributed by atoms with Gasteiger partial charge in [0.15, 0.2) is 0 Å². The van der Waals surface area contributed by atoms with Crippen LogP contribution in [-0.4, -0.2) is 30.9 Å². The van der Waals surface area contributed by atoms with Crippen molar-refractivity contribution < 1.29 is 4.74 Å². The summed E-state index contributed by atoms with van der Waals surface area (Å²) in [5, 5.41) is 11.5. The van der Waals surface area contributed by atoms with E-state index in [1.54, 1.807) is 13.2 Å². The van der Waals surface area contributed by atoms with Crippen LogP contribution in [0, 0.1) is 0 Å². The molecule has 22 heavy (non-hydrogen) atoms. The summed E-state index contributed by atoms with van der Waals surface area (Å²) >= 11 is 0. The van der Waals surface area contributed by atoms with Gasteiger partial charge in [0, 0.05) is 11.3 Å². The molecular weight excluding hydrogens is 274 g/mol. The number of aromatic nitrogens is 2. The number of methoxy groups -OCH3 is 1. The molecule has 0 bridgehead atoms. The van der Waals surface area contributed by atoms with E-state index in [2.05, 4.69) is 34.7 Å². The molecule has 4 nitrogen and oxygen atoms in total. The fourth-order valence-corrected chi connectivity index (χ4v) is 2.76. The molecule has 1 aromatic carbocycles. The van der Waals surface area contributed by atoms with Gasteiger partial charge in [0.1, 0.15) is 11.3 Å². The van der Waals surface area contributed by atoms with Gasteiger partial charge in [-0.15, -0.1) is 0 Å². The second kappa shape index (κ2) is 7.61. The Morgan fingerprint density at radius 3 is 2.91 bits per heavy atom. The summed E-state index contributed by atoms with van der Waals surface area (Å²) in [5.74, 6) is 1.03. The summed E-state index contributed by atoms with van der Waals surface area (Å²) in [5.41, 5.74) is 3.29. The van der Waals surface area contributed by atoms with E-state index in [1.165, 1.54) is 5.56 Å². The minimum Gasteiger partial charge on any atom is -0.494 e. The topological polar surface area (TPSA) is 49.9 Å². The number of ether oxygens (including phenoxy) is 1. The molecule has 2 aromatic rings. The van der Waals surface area contributed by atoms with Crippen LogP contribution in [0.1, 0.15) is 17.9 Å². The number of allylic oxidation sites excluding steroid dienone is 4. The summed E-state index contributed by atoms with van der Waals surface area (Å²) < 4.78 is 5.40. The molecule has 0 aliphatic carbocycles. The SMILES string of the molecule is C=C/C=C(\C=C)[C@@H](CCNC)c1ccc(OC)c2[nH]ncc12. The molecule has 116 valence electrons. The van der Waals surface area contributed by atoms with Gasteiger partial charge in [-0.05, 0) is 37.2 Å². The molecule has 2 rings (SSSR count). The average Bonchev–Trinajstić information content (AvgIpc) is 3.03. The summed E-state index contributed by atoms with van der Waals surface area (Å²) in [6.45, 7) is 8.67. The quantitative estimate of drug-likeness (QED) is 0.732. The highest BCUT2D eigenvalue weighted by Crippen LogP contribution is 2.36. The smallest absolute Gasteiger partial charge is 0.144 e. The first kappa shape index (κ1) is 16.0. The molecule has 0 aliphatic rings. The van der Waals surface area contributed by atoms with Gasteiger partial charge in [0.2, 0.25) is 0 Å². The number of hydrogen-bond acceptors (Lipinski definition) is 3. The van der Waals surface area contributed by atoms with Crippen molar-refractivity contribution >= 4 is 10.9 Å². The predicted octanol–water partition coefficient (Wildman–Crippen LogP) is 3.56. The number of fused-ring (bicyclic) bond motifs is 1. The van der Waals surface area contributed by atoms with Gasteiger partial charge < -0.3 is 10.1 Å². The first-order chi connectivity index (χ1) is 10.8. The van der Waals surface area contributed by atoms with Gasteiger partial charge in [-0.3, -0.25) is 5.10 Å². The van der Waals surface area contributed by atoms with Crippen molar-refractivity contribution in [1.82, 2.24) is 15.5 Å². The second-order valence-electron chi connectivity index (χ2n) is 5.07. The molecule has 4 heteroatoms. The zero-order valence-electron chi connectivity index (χ0n) is 13.2. The van der Waals surface area contributed by atoms with Crippen molar-refractivity contribution in [3.8, 4) is 5.75 Å². The zero-order valence-corrected chi connectivity index (χ0v) is 13.2. The number of hydrogen-bond donors (Lipinski definition) is 2. The van der Waals surface area contributed by atoms with Gasteiger partial charge in [0.25, 0.3) is 0 Å². The maximum atomic E-state index is 5.40. The lowest BCUT2D eigenvalue weighted by Crippen LogP contribution is -2.13. The van der Waals surface area contributed by atoms with Crippen LogP contribution in [0.5, 0.6) is 5.75 Å². The van der Waals surface area contributed by atoms with E-state index >= 15 is 0 Å². The van der Waals surface area contributed by atoms with Crippen molar-refractivity contribution in [2.45, 2.75) is 12.3 Å². The van der Waals surface area contributed by atoms with Crippen LogP contribution in [0.4, 0.5) is 0 Å². The Morgan fingerprint density at radius 2 is 2.27 bits per heavy atom.